The average Bonchev–Trinajstić information content (AvgIpc) is 2.80. The van der Waals surface area contributed by atoms with Gasteiger partial charge in [-0.05, 0) is 51.6 Å². The minimum atomic E-state index is -0.534. The van der Waals surface area contributed by atoms with Crippen LogP contribution in [0.1, 0.15) is 43.0 Å². The predicted octanol–water partition coefficient (Wildman–Crippen LogP) is 4.58. The van der Waals surface area contributed by atoms with E-state index in [1.807, 2.05) is 25.1 Å². The van der Waals surface area contributed by atoms with Gasteiger partial charge in [0.2, 0.25) is 0 Å². The molecule has 1 aliphatic rings. The van der Waals surface area contributed by atoms with Crippen LogP contribution in [0.2, 0.25) is 0 Å². The maximum absolute atomic E-state index is 14.3. The standard InChI is InChI=1S/C25H35F2N5.HI/c1-18(19-9-6-5-7-10-19)32-15-13-20(14-16-32)30-25(28-2)29-17-23(31(3)4)24-21(26)11-8-12-22(24)27;/h5-12,18,20,23H,13-17H2,1-4H3,(H2,28,29,30);1H. The molecule has 2 atom stereocenters. The summed E-state index contributed by atoms with van der Waals surface area (Å²) < 4.78 is 28.6. The van der Waals surface area contributed by atoms with Gasteiger partial charge >= 0.3 is 0 Å². The van der Waals surface area contributed by atoms with E-state index in [2.05, 4.69) is 51.7 Å². The number of benzene rings is 2. The fourth-order valence-corrected chi connectivity index (χ4v) is 4.33. The van der Waals surface area contributed by atoms with Gasteiger partial charge in [0.15, 0.2) is 5.96 Å². The van der Waals surface area contributed by atoms with Crippen LogP contribution in [0.15, 0.2) is 53.5 Å². The fourth-order valence-electron chi connectivity index (χ4n) is 4.33. The second kappa shape index (κ2) is 13.2. The topological polar surface area (TPSA) is 42.9 Å². The smallest absolute Gasteiger partial charge is 0.191 e. The highest BCUT2D eigenvalue weighted by Gasteiger charge is 2.25. The van der Waals surface area contributed by atoms with Gasteiger partial charge in [-0.1, -0.05) is 36.4 Å². The number of hydrogen-bond donors (Lipinski definition) is 2. The van der Waals surface area contributed by atoms with Crippen LogP contribution in [0.25, 0.3) is 0 Å². The molecule has 2 aromatic carbocycles. The first-order chi connectivity index (χ1) is 15.4. The molecule has 1 saturated heterocycles. The van der Waals surface area contributed by atoms with Gasteiger partial charge in [-0.25, -0.2) is 8.78 Å². The molecule has 182 valence electrons. The summed E-state index contributed by atoms with van der Waals surface area (Å²) in [6, 6.07) is 14.8. The molecular formula is C25H36F2IN5. The van der Waals surface area contributed by atoms with Gasteiger partial charge in [-0.3, -0.25) is 9.89 Å². The summed E-state index contributed by atoms with van der Waals surface area (Å²) in [5.74, 6) is -0.412. The SMILES string of the molecule is CN=C(NCC(c1c(F)cccc1F)N(C)C)NC1CCN(C(C)c2ccccc2)CC1.I. The van der Waals surface area contributed by atoms with Gasteiger partial charge in [-0.2, -0.15) is 0 Å². The highest BCUT2D eigenvalue weighted by molar-refractivity contribution is 14.0. The number of hydrogen-bond acceptors (Lipinski definition) is 3. The van der Waals surface area contributed by atoms with Crippen molar-refractivity contribution >= 4 is 29.9 Å². The number of halogens is 3. The van der Waals surface area contributed by atoms with Crippen LogP contribution >= 0.6 is 24.0 Å². The van der Waals surface area contributed by atoms with Gasteiger partial charge in [0.1, 0.15) is 11.6 Å². The molecule has 2 aromatic rings. The lowest BCUT2D eigenvalue weighted by atomic mass is 10.0. The molecule has 0 radical (unpaired) electrons. The first-order valence-corrected chi connectivity index (χ1v) is 11.3. The van der Waals surface area contributed by atoms with E-state index >= 15 is 0 Å². The first-order valence-electron chi connectivity index (χ1n) is 11.3. The molecule has 0 aromatic heterocycles. The molecule has 2 N–H and O–H groups in total. The number of nitrogens with one attached hydrogen (secondary N) is 2. The maximum atomic E-state index is 14.3. The van der Waals surface area contributed by atoms with Crippen LogP contribution in [0.4, 0.5) is 8.78 Å². The Morgan fingerprint density at radius 2 is 1.67 bits per heavy atom. The van der Waals surface area contributed by atoms with E-state index in [1.165, 1.54) is 23.8 Å². The van der Waals surface area contributed by atoms with E-state index in [9.17, 15) is 8.78 Å². The van der Waals surface area contributed by atoms with Gasteiger partial charge in [0, 0.05) is 44.3 Å². The monoisotopic (exact) mass is 571 g/mol. The molecule has 0 saturated carbocycles. The lowest BCUT2D eigenvalue weighted by Gasteiger charge is -2.37. The fraction of sp³-hybridized carbons (Fsp3) is 0.480. The van der Waals surface area contributed by atoms with Crippen LogP contribution in [0.3, 0.4) is 0 Å². The number of nitrogens with zero attached hydrogens (tertiary/aromatic N) is 3. The minimum absolute atomic E-state index is 0. The zero-order valence-corrected chi connectivity index (χ0v) is 22.2. The highest BCUT2D eigenvalue weighted by Crippen LogP contribution is 2.25. The van der Waals surface area contributed by atoms with Crippen molar-refractivity contribution in [2.75, 3.05) is 40.8 Å². The summed E-state index contributed by atoms with van der Waals surface area (Å²) in [6.45, 7) is 4.61. The Hall–Kier alpha value is -1.78. The number of aliphatic imine (C=N–C) groups is 1. The largest absolute Gasteiger partial charge is 0.354 e. The molecule has 8 heteroatoms. The molecule has 0 spiro atoms. The number of rotatable bonds is 7. The molecule has 2 unspecified atom stereocenters. The Bertz CT molecular complexity index is 865. The number of likely N-dealkylation sites (tertiary alicyclic amines) is 1. The summed E-state index contributed by atoms with van der Waals surface area (Å²) in [6.07, 6.45) is 2.02. The normalized spacial score (nSPS) is 17.4. The second-order valence-electron chi connectivity index (χ2n) is 8.61. The third kappa shape index (κ3) is 7.35. The van der Waals surface area contributed by atoms with E-state index in [0.29, 0.717) is 24.6 Å². The van der Waals surface area contributed by atoms with Crippen molar-refractivity contribution in [2.24, 2.45) is 4.99 Å². The zero-order valence-electron chi connectivity index (χ0n) is 19.9. The summed E-state index contributed by atoms with van der Waals surface area (Å²) in [7, 11) is 5.35. The molecule has 1 fully saturated rings. The van der Waals surface area contributed by atoms with E-state index in [0.717, 1.165) is 25.9 Å². The first kappa shape index (κ1) is 27.5. The molecular weight excluding hydrogens is 535 g/mol. The number of guanidine groups is 1. The van der Waals surface area contributed by atoms with Crippen molar-refractivity contribution in [3.8, 4) is 0 Å². The Labute approximate surface area is 213 Å². The van der Waals surface area contributed by atoms with Crippen LogP contribution in [0, 0.1) is 11.6 Å². The van der Waals surface area contributed by atoms with Gasteiger partial charge < -0.3 is 15.5 Å². The highest BCUT2D eigenvalue weighted by atomic mass is 127. The third-order valence-corrected chi connectivity index (χ3v) is 6.34. The summed E-state index contributed by atoms with van der Waals surface area (Å²) >= 11 is 0. The summed E-state index contributed by atoms with van der Waals surface area (Å²) in [5, 5.41) is 6.75. The van der Waals surface area contributed by atoms with Crippen LogP contribution in [0.5, 0.6) is 0 Å². The minimum Gasteiger partial charge on any atom is -0.354 e. The third-order valence-electron chi connectivity index (χ3n) is 6.34. The van der Waals surface area contributed by atoms with Crippen molar-refractivity contribution in [3.05, 3.63) is 71.3 Å². The van der Waals surface area contributed by atoms with Crippen molar-refractivity contribution in [3.63, 3.8) is 0 Å². The quantitative estimate of drug-likeness (QED) is 0.290. The second-order valence-corrected chi connectivity index (χ2v) is 8.61. The molecule has 0 amide bonds. The predicted molar refractivity (Wildman–Crippen MR) is 142 cm³/mol. The Balaban J connectivity index is 0.00000385. The lowest BCUT2D eigenvalue weighted by Crippen LogP contribution is -2.50. The van der Waals surface area contributed by atoms with Crippen molar-refractivity contribution < 1.29 is 8.78 Å². The van der Waals surface area contributed by atoms with Crippen LogP contribution in [-0.2, 0) is 0 Å². The van der Waals surface area contributed by atoms with Crippen LogP contribution in [-0.4, -0.2) is 62.6 Å². The molecule has 33 heavy (non-hydrogen) atoms. The van der Waals surface area contributed by atoms with Gasteiger partial charge in [0.25, 0.3) is 0 Å². The molecule has 0 bridgehead atoms. The Morgan fingerprint density at radius 3 is 2.21 bits per heavy atom. The Morgan fingerprint density at radius 1 is 1.06 bits per heavy atom. The van der Waals surface area contributed by atoms with E-state index < -0.39 is 17.7 Å². The van der Waals surface area contributed by atoms with E-state index in [1.54, 1.807) is 7.05 Å². The molecule has 1 heterocycles. The summed E-state index contributed by atoms with van der Waals surface area (Å²) in [5.41, 5.74) is 1.41. The molecule has 3 rings (SSSR count). The molecule has 5 nitrogen and oxygen atoms in total. The van der Waals surface area contributed by atoms with Gasteiger partial charge in [0.05, 0.1) is 6.04 Å². The Kier molecular flexibility index (Phi) is 11.0. The van der Waals surface area contributed by atoms with Crippen molar-refractivity contribution in [2.45, 2.75) is 37.9 Å². The van der Waals surface area contributed by atoms with Gasteiger partial charge in [-0.15, -0.1) is 24.0 Å². The summed E-state index contributed by atoms with van der Waals surface area (Å²) in [4.78, 5) is 8.65. The van der Waals surface area contributed by atoms with E-state index in [-0.39, 0.29) is 29.5 Å². The molecule has 0 aliphatic carbocycles. The lowest BCUT2D eigenvalue weighted by molar-refractivity contribution is 0.158. The average molecular weight is 571 g/mol. The van der Waals surface area contributed by atoms with Crippen molar-refractivity contribution in [1.29, 1.82) is 0 Å². The molecule has 1 aliphatic heterocycles. The maximum Gasteiger partial charge on any atom is 0.191 e. The van der Waals surface area contributed by atoms with Crippen molar-refractivity contribution in [1.82, 2.24) is 20.4 Å². The zero-order chi connectivity index (χ0) is 23.1. The number of likely N-dealkylation sites (N-methyl/N-ethyl adjacent to an activating group) is 1. The number of piperidine rings is 1. The van der Waals surface area contributed by atoms with E-state index in [4.69, 9.17) is 0 Å². The van der Waals surface area contributed by atoms with Crippen LogP contribution < -0.4 is 10.6 Å².